The molecule has 3 rings (SSSR count). The lowest BCUT2D eigenvalue weighted by Gasteiger charge is -2.13. The number of aromatic hydroxyl groups is 1. The van der Waals surface area contributed by atoms with Gasteiger partial charge in [-0.1, -0.05) is 36.4 Å². The molecule has 0 aliphatic carbocycles. The molecule has 0 saturated heterocycles. The first-order chi connectivity index (χ1) is 10.2. The van der Waals surface area contributed by atoms with E-state index in [1.54, 1.807) is 12.1 Å². The number of hydrogen-bond acceptors (Lipinski definition) is 3. The number of benzene rings is 2. The zero-order valence-corrected chi connectivity index (χ0v) is 11.8. The van der Waals surface area contributed by atoms with Crippen LogP contribution < -0.4 is 5.56 Å². The SMILES string of the molecule is O=c1cc(O)n(-c2ccccc2)c(=S)n1-c1ccccc1. The Morgan fingerprint density at radius 1 is 0.810 bits per heavy atom. The summed E-state index contributed by atoms with van der Waals surface area (Å²) >= 11 is 5.40. The van der Waals surface area contributed by atoms with Gasteiger partial charge in [-0.2, -0.15) is 0 Å². The van der Waals surface area contributed by atoms with Gasteiger partial charge in [-0.3, -0.25) is 13.9 Å². The fraction of sp³-hybridized carbons (Fsp3) is 0. The fourth-order valence-corrected chi connectivity index (χ4v) is 2.56. The van der Waals surface area contributed by atoms with Gasteiger partial charge in [0.2, 0.25) is 5.88 Å². The first-order valence-corrected chi connectivity index (χ1v) is 6.78. The average Bonchev–Trinajstić information content (AvgIpc) is 2.49. The summed E-state index contributed by atoms with van der Waals surface area (Å²) in [5, 5.41) is 10.1. The molecule has 1 N–H and O–H groups in total. The Hall–Kier alpha value is -2.66. The van der Waals surface area contributed by atoms with Gasteiger partial charge >= 0.3 is 0 Å². The molecule has 0 aliphatic rings. The Morgan fingerprint density at radius 2 is 1.29 bits per heavy atom. The van der Waals surface area contributed by atoms with E-state index in [1.807, 2.05) is 48.5 Å². The van der Waals surface area contributed by atoms with Crippen LogP contribution >= 0.6 is 12.2 Å². The number of aromatic nitrogens is 2. The van der Waals surface area contributed by atoms with E-state index in [1.165, 1.54) is 9.13 Å². The van der Waals surface area contributed by atoms with Gasteiger partial charge in [0.05, 0.1) is 17.4 Å². The zero-order chi connectivity index (χ0) is 14.8. The van der Waals surface area contributed by atoms with Crippen LogP contribution in [0, 0.1) is 4.77 Å². The molecule has 0 bridgehead atoms. The van der Waals surface area contributed by atoms with E-state index < -0.39 is 0 Å². The molecular weight excluding hydrogens is 284 g/mol. The first kappa shape index (κ1) is 13.3. The van der Waals surface area contributed by atoms with Crippen molar-refractivity contribution in [2.75, 3.05) is 0 Å². The van der Waals surface area contributed by atoms with Gasteiger partial charge in [-0.25, -0.2) is 0 Å². The second-order valence-electron chi connectivity index (χ2n) is 4.47. The van der Waals surface area contributed by atoms with Crippen LogP contribution in [0.25, 0.3) is 11.4 Å². The average molecular weight is 296 g/mol. The third-order valence-corrected chi connectivity index (χ3v) is 3.48. The van der Waals surface area contributed by atoms with Crippen molar-refractivity contribution >= 4 is 12.2 Å². The number of para-hydroxylation sites is 2. The van der Waals surface area contributed by atoms with Crippen LogP contribution in [-0.4, -0.2) is 14.2 Å². The minimum Gasteiger partial charge on any atom is -0.494 e. The summed E-state index contributed by atoms with van der Waals surface area (Å²) in [4.78, 5) is 12.2. The maximum Gasteiger partial charge on any atom is 0.262 e. The van der Waals surface area contributed by atoms with Crippen LogP contribution in [0.3, 0.4) is 0 Å². The lowest BCUT2D eigenvalue weighted by molar-refractivity contribution is 0.431. The van der Waals surface area contributed by atoms with E-state index in [2.05, 4.69) is 0 Å². The smallest absolute Gasteiger partial charge is 0.262 e. The molecular formula is C16H12N2O2S. The number of nitrogens with zero attached hydrogens (tertiary/aromatic N) is 2. The highest BCUT2D eigenvalue weighted by molar-refractivity contribution is 7.71. The molecule has 0 atom stereocenters. The molecule has 0 unspecified atom stereocenters. The minimum absolute atomic E-state index is 0.177. The summed E-state index contributed by atoms with van der Waals surface area (Å²) in [6, 6.07) is 19.5. The number of rotatable bonds is 2. The summed E-state index contributed by atoms with van der Waals surface area (Å²) in [7, 11) is 0. The molecule has 104 valence electrons. The van der Waals surface area contributed by atoms with Gasteiger partial charge < -0.3 is 5.11 Å². The molecule has 0 fully saturated rings. The van der Waals surface area contributed by atoms with Gasteiger partial charge in [0.1, 0.15) is 0 Å². The monoisotopic (exact) mass is 296 g/mol. The molecule has 0 spiro atoms. The Kier molecular flexibility index (Phi) is 3.41. The standard InChI is InChI=1S/C16H12N2O2S/c19-14-11-15(20)18(13-9-5-2-6-10-13)16(21)17(14)12-7-3-1-4-8-12/h1-11,19H. The van der Waals surface area contributed by atoms with Crippen LogP contribution in [0.2, 0.25) is 0 Å². The van der Waals surface area contributed by atoms with Crippen LogP contribution in [-0.2, 0) is 0 Å². The second-order valence-corrected chi connectivity index (χ2v) is 4.83. The van der Waals surface area contributed by atoms with Gasteiger partial charge in [-0.05, 0) is 36.5 Å². The Labute approximate surface area is 126 Å². The van der Waals surface area contributed by atoms with Crippen molar-refractivity contribution in [1.29, 1.82) is 0 Å². The van der Waals surface area contributed by atoms with Crippen molar-refractivity contribution in [3.05, 3.63) is 81.9 Å². The zero-order valence-electron chi connectivity index (χ0n) is 11.0. The Morgan fingerprint density at radius 3 is 1.81 bits per heavy atom. The molecule has 2 aromatic carbocycles. The van der Waals surface area contributed by atoms with Crippen LogP contribution in [0.15, 0.2) is 71.5 Å². The first-order valence-electron chi connectivity index (χ1n) is 6.37. The van der Waals surface area contributed by atoms with E-state index in [9.17, 15) is 9.90 Å². The van der Waals surface area contributed by atoms with E-state index >= 15 is 0 Å². The molecule has 0 aliphatic heterocycles. The quantitative estimate of drug-likeness (QED) is 0.739. The summed E-state index contributed by atoms with van der Waals surface area (Å²) in [5.74, 6) is -0.177. The molecule has 21 heavy (non-hydrogen) atoms. The summed E-state index contributed by atoms with van der Waals surface area (Å²) in [5.41, 5.74) is 0.998. The summed E-state index contributed by atoms with van der Waals surface area (Å²) in [6.07, 6.45) is 0. The molecule has 4 nitrogen and oxygen atoms in total. The van der Waals surface area contributed by atoms with Crippen molar-refractivity contribution in [2.45, 2.75) is 0 Å². The summed E-state index contributed by atoms with van der Waals surface area (Å²) in [6.45, 7) is 0. The maximum atomic E-state index is 12.2. The molecule has 1 aromatic heterocycles. The Bertz CT molecular complexity index is 884. The fourth-order valence-electron chi connectivity index (χ4n) is 2.17. The molecule has 0 saturated carbocycles. The molecule has 3 aromatic rings. The van der Waals surface area contributed by atoms with Gasteiger partial charge in [0.15, 0.2) is 4.77 Å². The van der Waals surface area contributed by atoms with E-state index in [0.717, 1.165) is 6.07 Å². The largest absolute Gasteiger partial charge is 0.494 e. The second kappa shape index (κ2) is 5.38. The third-order valence-electron chi connectivity index (χ3n) is 3.11. The van der Waals surface area contributed by atoms with E-state index in [-0.39, 0.29) is 16.2 Å². The highest BCUT2D eigenvalue weighted by Crippen LogP contribution is 2.17. The highest BCUT2D eigenvalue weighted by atomic mass is 32.1. The number of hydrogen-bond donors (Lipinski definition) is 1. The minimum atomic E-state index is -0.365. The van der Waals surface area contributed by atoms with Crippen LogP contribution in [0.4, 0.5) is 0 Å². The lowest BCUT2D eigenvalue weighted by atomic mass is 10.3. The Balaban J connectivity index is 2.35. The third kappa shape index (κ3) is 2.39. The van der Waals surface area contributed by atoms with Crippen LogP contribution in [0.5, 0.6) is 5.88 Å². The van der Waals surface area contributed by atoms with Crippen molar-refractivity contribution in [3.8, 4) is 17.3 Å². The van der Waals surface area contributed by atoms with Crippen molar-refractivity contribution in [1.82, 2.24) is 9.13 Å². The van der Waals surface area contributed by atoms with Crippen molar-refractivity contribution in [2.24, 2.45) is 0 Å². The summed E-state index contributed by atoms with van der Waals surface area (Å²) < 4.78 is 3.07. The maximum absolute atomic E-state index is 12.2. The van der Waals surface area contributed by atoms with Gasteiger partial charge in [0, 0.05) is 0 Å². The van der Waals surface area contributed by atoms with Gasteiger partial charge in [0.25, 0.3) is 5.56 Å². The van der Waals surface area contributed by atoms with E-state index in [0.29, 0.717) is 11.4 Å². The predicted octanol–water partition coefficient (Wildman–Crippen LogP) is 3.06. The molecule has 0 radical (unpaired) electrons. The molecule has 5 heteroatoms. The van der Waals surface area contributed by atoms with E-state index in [4.69, 9.17) is 12.2 Å². The van der Waals surface area contributed by atoms with Gasteiger partial charge in [-0.15, -0.1) is 0 Å². The normalized spacial score (nSPS) is 10.5. The predicted molar refractivity (Wildman–Crippen MR) is 83.9 cm³/mol. The highest BCUT2D eigenvalue weighted by Gasteiger charge is 2.10. The van der Waals surface area contributed by atoms with Crippen molar-refractivity contribution < 1.29 is 5.11 Å². The topological polar surface area (TPSA) is 47.2 Å². The van der Waals surface area contributed by atoms with Crippen LogP contribution in [0.1, 0.15) is 0 Å². The lowest BCUT2D eigenvalue weighted by Crippen LogP contribution is -2.22. The molecule has 1 heterocycles. The van der Waals surface area contributed by atoms with Crippen molar-refractivity contribution in [3.63, 3.8) is 0 Å². The molecule has 0 amide bonds.